The quantitative estimate of drug-likeness (QED) is 0.596. The van der Waals surface area contributed by atoms with Crippen molar-refractivity contribution in [1.29, 1.82) is 0 Å². The van der Waals surface area contributed by atoms with Crippen LogP contribution < -0.4 is 5.32 Å². The smallest absolute Gasteiger partial charge is 0.0642 e. The van der Waals surface area contributed by atoms with Crippen molar-refractivity contribution < 1.29 is 1.43 Å². The summed E-state index contributed by atoms with van der Waals surface area (Å²) in [6.45, 7) is 4.89. The molecule has 0 aromatic carbocycles. The van der Waals surface area contributed by atoms with E-state index in [0.29, 0.717) is 0 Å². The van der Waals surface area contributed by atoms with Crippen LogP contribution in [0.5, 0.6) is 0 Å². The van der Waals surface area contributed by atoms with Crippen molar-refractivity contribution in [3.63, 3.8) is 0 Å². The van der Waals surface area contributed by atoms with Crippen LogP contribution in [0.3, 0.4) is 0 Å². The highest BCUT2D eigenvalue weighted by Gasteiger charge is 2.02. The van der Waals surface area contributed by atoms with E-state index >= 15 is 0 Å². The maximum absolute atomic E-state index is 3.89. The van der Waals surface area contributed by atoms with Gasteiger partial charge in [0, 0.05) is 13.5 Å². The molecule has 0 radical (unpaired) electrons. The molecule has 2 N–H and O–H groups in total. The van der Waals surface area contributed by atoms with Crippen LogP contribution in [0.1, 0.15) is 26.5 Å². The van der Waals surface area contributed by atoms with Crippen molar-refractivity contribution in [2.24, 2.45) is 0 Å². The largest absolute Gasteiger partial charge is 0.387 e. The van der Waals surface area contributed by atoms with E-state index in [1.165, 1.54) is 5.56 Å². The van der Waals surface area contributed by atoms with Gasteiger partial charge in [0.25, 0.3) is 0 Å². The van der Waals surface area contributed by atoms with Gasteiger partial charge in [0.2, 0.25) is 0 Å². The van der Waals surface area contributed by atoms with Crippen LogP contribution in [0, 0.1) is 0 Å². The van der Waals surface area contributed by atoms with Crippen molar-refractivity contribution in [1.82, 2.24) is 15.5 Å². The SMILES string of the molecule is C1=Cc2[nH]ncc2CN1.CC.[HH]. The number of rotatable bonds is 0. The number of aromatic amines is 1. The number of hydrogen-bond donors (Lipinski definition) is 2. The molecule has 2 rings (SSSR count). The zero-order chi connectivity index (χ0) is 8.10. The molecule has 3 heteroatoms. The Labute approximate surface area is 68.0 Å². The van der Waals surface area contributed by atoms with Gasteiger partial charge in [-0.25, -0.2) is 0 Å². The second-order valence-electron chi connectivity index (χ2n) is 2.02. The summed E-state index contributed by atoms with van der Waals surface area (Å²) in [4.78, 5) is 0. The molecule has 0 amide bonds. The third-order valence-electron chi connectivity index (χ3n) is 1.41. The molecule has 1 aromatic heterocycles. The lowest BCUT2D eigenvalue weighted by atomic mass is 10.2. The first-order chi connectivity index (χ1) is 5.47. The van der Waals surface area contributed by atoms with E-state index in [4.69, 9.17) is 0 Å². The predicted molar refractivity (Wildman–Crippen MR) is 47.9 cm³/mol. The zero-order valence-electron chi connectivity index (χ0n) is 6.89. The molecule has 1 aliphatic heterocycles. The first-order valence-corrected chi connectivity index (χ1v) is 3.89. The van der Waals surface area contributed by atoms with E-state index in [1.54, 1.807) is 0 Å². The molecule has 1 aliphatic rings. The first-order valence-electron chi connectivity index (χ1n) is 3.89. The normalized spacial score (nSPS) is 12.5. The Morgan fingerprint density at radius 3 is 3.09 bits per heavy atom. The summed E-state index contributed by atoms with van der Waals surface area (Å²) in [6.07, 6.45) is 5.73. The van der Waals surface area contributed by atoms with Gasteiger partial charge in [-0.05, 0) is 12.3 Å². The molecule has 3 nitrogen and oxygen atoms in total. The maximum Gasteiger partial charge on any atom is 0.0642 e. The summed E-state index contributed by atoms with van der Waals surface area (Å²) in [5, 5.41) is 9.85. The molecule has 0 fully saturated rings. The molecule has 0 aliphatic carbocycles. The molecule has 0 bridgehead atoms. The molecule has 1 aromatic rings. The van der Waals surface area contributed by atoms with Gasteiger partial charge in [0.15, 0.2) is 0 Å². The average Bonchev–Trinajstić information content (AvgIpc) is 2.55. The monoisotopic (exact) mass is 153 g/mol. The summed E-state index contributed by atoms with van der Waals surface area (Å²) >= 11 is 0. The van der Waals surface area contributed by atoms with Gasteiger partial charge < -0.3 is 5.32 Å². The maximum atomic E-state index is 3.89. The van der Waals surface area contributed by atoms with Crippen molar-refractivity contribution in [2.75, 3.05) is 0 Å². The number of hydrogen-bond acceptors (Lipinski definition) is 2. The zero-order valence-corrected chi connectivity index (χ0v) is 6.89. The minimum absolute atomic E-state index is 0. The van der Waals surface area contributed by atoms with E-state index in [1.807, 2.05) is 32.3 Å². The summed E-state index contributed by atoms with van der Waals surface area (Å²) in [5.74, 6) is 0. The van der Waals surface area contributed by atoms with Crippen LogP contribution in [0.15, 0.2) is 12.4 Å². The third-order valence-corrected chi connectivity index (χ3v) is 1.41. The fourth-order valence-electron chi connectivity index (χ4n) is 0.917. The fourth-order valence-corrected chi connectivity index (χ4v) is 0.917. The summed E-state index contributed by atoms with van der Waals surface area (Å²) in [5.41, 5.74) is 2.35. The number of aromatic nitrogens is 2. The number of fused-ring (bicyclic) bond motifs is 1. The van der Waals surface area contributed by atoms with E-state index in [0.717, 1.165) is 12.2 Å². The van der Waals surface area contributed by atoms with Gasteiger partial charge in [-0.15, -0.1) is 0 Å². The van der Waals surface area contributed by atoms with Gasteiger partial charge in [0.1, 0.15) is 0 Å². The highest BCUT2D eigenvalue weighted by Crippen LogP contribution is 2.08. The minimum atomic E-state index is 0. The van der Waals surface area contributed by atoms with Crippen LogP contribution in [0.2, 0.25) is 0 Å². The number of nitrogens with zero attached hydrogens (tertiary/aromatic N) is 1. The van der Waals surface area contributed by atoms with Crippen molar-refractivity contribution >= 4 is 6.08 Å². The minimum Gasteiger partial charge on any atom is -0.387 e. The average molecular weight is 153 g/mol. The highest BCUT2D eigenvalue weighted by atomic mass is 15.1. The molecule has 0 unspecified atom stereocenters. The van der Waals surface area contributed by atoms with Crippen LogP contribution in [-0.4, -0.2) is 10.2 Å². The topological polar surface area (TPSA) is 40.7 Å². The Morgan fingerprint density at radius 1 is 1.55 bits per heavy atom. The van der Waals surface area contributed by atoms with Gasteiger partial charge in [-0.3, -0.25) is 5.10 Å². The molecule has 62 valence electrons. The van der Waals surface area contributed by atoms with E-state index in [9.17, 15) is 0 Å². The molecule has 2 heterocycles. The standard InChI is InChI=1S/C6H7N3.C2H6.H2/c1-2-7-3-5-4-8-9-6(1)5;1-2;/h1-2,4,7H,3H2,(H,8,9);1-2H3;1H. The van der Waals surface area contributed by atoms with Crippen molar-refractivity contribution in [3.8, 4) is 0 Å². The molecular weight excluding hydrogens is 138 g/mol. The van der Waals surface area contributed by atoms with Crippen LogP contribution in [-0.2, 0) is 6.54 Å². The summed E-state index contributed by atoms with van der Waals surface area (Å²) < 4.78 is 0. The van der Waals surface area contributed by atoms with E-state index in [2.05, 4.69) is 15.5 Å². The Hall–Kier alpha value is -1.25. The molecule has 11 heavy (non-hydrogen) atoms. The van der Waals surface area contributed by atoms with Gasteiger partial charge in [-0.1, -0.05) is 13.8 Å². The lowest BCUT2D eigenvalue weighted by Gasteiger charge is -2.03. The Bertz CT molecular complexity index is 242. The first kappa shape index (κ1) is 7.85. The van der Waals surface area contributed by atoms with Crippen LogP contribution >= 0.6 is 0 Å². The second kappa shape index (κ2) is 3.81. The molecular formula is C8H15N3. The number of H-pyrrole nitrogens is 1. The van der Waals surface area contributed by atoms with Crippen molar-refractivity contribution in [3.05, 3.63) is 23.7 Å². The molecule has 0 saturated carbocycles. The Kier molecular flexibility index (Phi) is 2.72. The number of nitrogens with one attached hydrogen (secondary N) is 2. The highest BCUT2D eigenvalue weighted by molar-refractivity contribution is 5.50. The molecule has 0 atom stereocenters. The van der Waals surface area contributed by atoms with E-state index < -0.39 is 0 Å². The molecule has 0 saturated heterocycles. The second-order valence-corrected chi connectivity index (χ2v) is 2.02. The Morgan fingerprint density at radius 2 is 2.36 bits per heavy atom. The van der Waals surface area contributed by atoms with Crippen LogP contribution in [0.4, 0.5) is 0 Å². The van der Waals surface area contributed by atoms with Gasteiger partial charge in [-0.2, -0.15) is 5.10 Å². The lowest BCUT2D eigenvalue weighted by molar-refractivity contribution is 0.859. The van der Waals surface area contributed by atoms with Gasteiger partial charge in [0.05, 0.1) is 11.9 Å². The summed E-state index contributed by atoms with van der Waals surface area (Å²) in [7, 11) is 0. The summed E-state index contributed by atoms with van der Waals surface area (Å²) in [6, 6.07) is 0. The lowest BCUT2D eigenvalue weighted by Crippen LogP contribution is -2.08. The molecule has 0 spiro atoms. The predicted octanol–water partition coefficient (Wildman–Crippen LogP) is 1.76. The van der Waals surface area contributed by atoms with E-state index in [-0.39, 0.29) is 1.43 Å². The third kappa shape index (κ3) is 1.61. The van der Waals surface area contributed by atoms with Crippen molar-refractivity contribution in [2.45, 2.75) is 20.4 Å². The Balaban J connectivity index is 0.000000378. The fraction of sp³-hybridized carbons (Fsp3) is 0.375. The van der Waals surface area contributed by atoms with Gasteiger partial charge >= 0.3 is 0 Å². The van der Waals surface area contributed by atoms with Crippen LogP contribution in [0.25, 0.3) is 6.08 Å².